The molecule has 1 saturated carbocycles. The minimum atomic E-state index is -1.04. The van der Waals surface area contributed by atoms with E-state index in [9.17, 15) is 14.7 Å². The van der Waals surface area contributed by atoms with E-state index < -0.39 is 23.6 Å². The molecular formula is C30H32N4O5. The van der Waals surface area contributed by atoms with Crippen LogP contribution in [-0.4, -0.2) is 52.7 Å². The Bertz CT molecular complexity index is 1420. The molecule has 2 aliphatic rings. The molecule has 2 aromatic heterocycles. The predicted molar refractivity (Wildman–Crippen MR) is 146 cm³/mol. The molecule has 2 fully saturated rings. The summed E-state index contributed by atoms with van der Waals surface area (Å²) in [5.41, 5.74) is 1.44. The number of hydrogen-bond donors (Lipinski definition) is 3. The van der Waals surface area contributed by atoms with Gasteiger partial charge in [-0.25, -0.2) is 4.98 Å². The Morgan fingerprint density at radius 2 is 1.85 bits per heavy atom. The van der Waals surface area contributed by atoms with E-state index in [0.29, 0.717) is 43.7 Å². The molecule has 0 radical (unpaired) electrons. The molecule has 0 spiro atoms. The number of piperidine rings is 1. The van der Waals surface area contributed by atoms with Gasteiger partial charge >= 0.3 is 0 Å². The summed E-state index contributed by atoms with van der Waals surface area (Å²) in [5, 5.41) is 18.0. The molecule has 2 aromatic carbocycles. The number of aliphatic hydroxyl groups is 1. The van der Waals surface area contributed by atoms with Gasteiger partial charge in [-0.1, -0.05) is 49.6 Å². The lowest BCUT2D eigenvalue weighted by Gasteiger charge is -2.41. The first-order valence-corrected chi connectivity index (χ1v) is 13.6. The largest absolute Gasteiger partial charge is 0.451 e. The van der Waals surface area contributed by atoms with Crippen molar-refractivity contribution in [1.82, 2.24) is 15.6 Å². The molecule has 6 rings (SSSR count). The number of para-hydroxylation sites is 2. The van der Waals surface area contributed by atoms with Gasteiger partial charge in [-0.15, -0.1) is 0 Å². The van der Waals surface area contributed by atoms with Gasteiger partial charge in [0.1, 0.15) is 11.1 Å². The Balaban J connectivity index is 1.15. The molecule has 2 amide bonds. The van der Waals surface area contributed by atoms with Gasteiger partial charge in [0, 0.05) is 29.7 Å². The van der Waals surface area contributed by atoms with Crippen LogP contribution in [0.2, 0.25) is 0 Å². The van der Waals surface area contributed by atoms with E-state index >= 15 is 0 Å². The Kier molecular flexibility index (Phi) is 6.83. The second-order valence-electron chi connectivity index (χ2n) is 10.5. The first-order valence-electron chi connectivity index (χ1n) is 13.6. The lowest BCUT2D eigenvalue weighted by atomic mass is 9.80. The number of nitrogens with one attached hydrogen (secondary N) is 2. The summed E-state index contributed by atoms with van der Waals surface area (Å²) in [6, 6.07) is 16.6. The molecular weight excluding hydrogens is 496 g/mol. The maximum Gasteiger partial charge on any atom is 0.287 e. The van der Waals surface area contributed by atoms with Crippen molar-refractivity contribution in [3.63, 3.8) is 0 Å². The highest BCUT2D eigenvalue weighted by Gasteiger charge is 2.43. The van der Waals surface area contributed by atoms with Crippen molar-refractivity contribution >= 4 is 28.5 Å². The van der Waals surface area contributed by atoms with E-state index in [4.69, 9.17) is 8.83 Å². The molecule has 1 saturated heterocycles. The maximum absolute atomic E-state index is 13.7. The Hall–Kier alpha value is -4.11. The van der Waals surface area contributed by atoms with Crippen molar-refractivity contribution in [2.75, 3.05) is 18.0 Å². The van der Waals surface area contributed by atoms with E-state index in [1.807, 2.05) is 48.5 Å². The molecule has 3 heterocycles. The van der Waals surface area contributed by atoms with Crippen molar-refractivity contribution in [3.8, 4) is 11.3 Å². The third-order valence-corrected chi connectivity index (χ3v) is 7.98. The first kappa shape index (κ1) is 25.2. The van der Waals surface area contributed by atoms with Crippen LogP contribution in [-0.2, 0) is 4.79 Å². The molecule has 3 N–H and O–H groups in total. The minimum absolute atomic E-state index is 0.188. The minimum Gasteiger partial charge on any atom is -0.451 e. The smallest absolute Gasteiger partial charge is 0.287 e. The molecule has 202 valence electrons. The van der Waals surface area contributed by atoms with Crippen LogP contribution in [0.25, 0.3) is 22.3 Å². The Labute approximate surface area is 226 Å². The molecule has 4 aromatic rings. The number of benzene rings is 2. The fraction of sp³-hybridized carbons (Fsp3) is 0.367. The number of β-amino-alcohol motifs (C(OH)–C–C–N with tert-alkyl or cyclic N) is 1. The number of rotatable bonds is 6. The van der Waals surface area contributed by atoms with E-state index in [2.05, 4.69) is 20.5 Å². The van der Waals surface area contributed by atoms with Gasteiger partial charge in [0.15, 0.2) is 17.9 Å². The van der Waals surface area contributed by atoms with Gasteiger partial charge < -0.3 is 29.5 Å². The summed E-state index contributed by atoms with van der Waals surface area (Å²) < 4.78 is 11.3. The SMILES string of the molecule is O=C(NC1(C(=O)NC2CCN(c3ccccc3-c3cnco3)CC2O)CCCCC1)c1cc2ccccc2o1. The topological polar surface area (TPSA) is 121 Å². The van der Waals surface area contributed by atoms with Gasteiger partial charge in [0.25, 0.3) is 5.91 Å². The predicted octanol–water partition coefficient (Wildman–Crippen LogP) is 4.28. The van der Waals surface area contributed by atoms with Crippen LogP contribution in [0.3, 0.4) is 0 Å². The number of aliphatic hydroxyl groups excluding tert-OH is 1. The fourth-order valence-electron chi connectivity index (χ4n) is 5.87. The molecule has 2 unspecified atom stereocenters. The summed E-state index contributed by atoms with van der Waals surface area (Å²) in [6.45, 7) is 1.000. The van der Waals surface area contributed by atoms with Gasteiger partial charge in [-0.3, -0.25) is 9.59 Å². The number of hydrogen-bond acceptors (Lipinski definition) is 7. The number of nitrogens with zero attached hydrogens (tertiary/aromatic N) is 2. The Morgan fingerprint density at radius 1 is 1.05 bits per heavy atom. The number of carbonyl (C=O) groups excluding carboxylic acids is 2. The van der Waals surface area contributed by atoms with E-state index in [1.54, 1.807) is 12.3 Å². The highest BCUT2D eigenvalue weighted by molar-refractivity contribution is 6.00. The molecule has 39 heavy (non-hydrogen) atoms. The van der Waals surface area contributed by atoms with Crippen molar-refractivity contribution < 1.29 is 23.5 Å². The summed E-state index contributed by atoms with van der Waals surface area (Å²) in [5.74, 6) is 0.205. The third-order valence-electron chi connectivity index (χ3n) is 7.98. The first-order chi connectivity index (χ1) is 19.0. The lowest BCUT2D eigenvalue weighted by Crippen LogP contribution is -2.64. The molecule has 9 nitrogen and oxygen atoms in total. The maximum atomic E-state index is 13.7. The summed E-state index contributed by atoms with van der Waals surface area (Å²) in [6.07, 6.45) is 6.64. The standard InChI is InChI=1S/C30H32N4O5/c35-24-18-34(23-10-4-3-9-21(23)27-17-31-19-38-27)15-12-22(24)32-29(37)30(13-6-1-7-14-30)33-28(36)26-16-20-8-2-5-11-25(20)39-26/h2-5,8-11,16-17,19,22,24,35H,1,6-7,12-15,18H2,(H,32,37)(H,33,36). The van der Waals surface area contributed by atoms with Crippen molar-refractivity contribution in [2.24, 2.45) is 0 Å². The second kappa shape index (κ2) is 10.6. The number of aromatic nitrogens is 1. The van der Waals surface area contributed by atoms with Crippen molar-refractivity contribution in [1.29, 1.82) is 0 Å². The summed E-state index contributed by atoms with van der Waals surface area (Å²) >= 11 is 0. The summed E-state index contributed by atoms with van der Waals surface area (Å²) in [7, 11) is 0. The molecule has 1 aliphatic heterocycles. The number of oxazole rings is 1. The van der Waals surface area contributed by atoms with Crippen molar-refractivity contribution in [3.05, 3.63) is 72.9 Å². The zero-order valence-corrected chi connectivity index (χ0v) is 21.6. The zero-order valence-electron chi connectivity index (χ0n) is 21.6. The lowest BCUT2D eigenvalue weighted by molar-refractivity contribution is -0.130. The fourth-order valence-corrected chi connectivity index (χ4v) is 5.87. The number of fused-ring (bicyclic) bond motifs is 1. The van der Waals surface area contributed by atoms with E-state index in [1.165, 1.54) is 6.39 Å². The number of amides is 2. The highest BCUT2D eigenvalue weighted by atomic mass is 16.3. The van der Waals surface area contributed by atoms with Gasteiger partial charge in [0.05, 0.1) is 18.3 Å². The number of furan rings is 1. The van der Waals surface area contributed by atoms with Crippen LogP contribution in [0.1, 0.15) is 49.1 Å². The highest BCUT2D eigenvalue weighted by Crippen LogP contribution is 2.33. The molecule has 2 atom stereocenters. The molecule has 9 heteroatoms. The van der Waals surface area contributed by atoms with Gasteiger partial charge in [0.2, 0.25) is 5.91 Å². The van der Waals surface area contributed by atoms with E-state index in [-0.39, 0.29) is 11.7 Å². The zero-order chi connectivity index (χ0) is 26.8. The van der Waals surface area contributed by atoms with Gasteiger partial charge in [-0.2, -0.15) is 0 Å². The van der Waals surface area contributed by atoms with E-state index in [0.717, 1.165) is 35.9 Å². The quantitative estimate of drug-likeness (QED) is 0.342. The monoisotopic (exact) mass is 528 g/mol. The van der Waals surface area contributed by atoms with Crippen LogP contribution in [0, 0.1) is 0 Å². The third kappa shape index (κ3) is 5.02. The second-order valence-corrected chi connectivity index (χ2v) is 10.5. The molecule has 0 bridgehead atoms. The average molecular weight is 529 g/mol. The van der Waals surface area contributed by atoms with Crippen LogP contribution >= 0.6 is 0 Å². The van der Waals surface area contributed by atoms with Crippen LogP contribution in [0.4, 0.5) is 5.69 Å². The Morgan fingerprint density at radius 3 is 2.62 bits per heavy atom. The number of carbonyl (C=O) groups is 2. The van der Waals surface area contributed by atoms with Crippen LogP contribution < -0.4 is 15.5 Å². The van der Waals surface area contributed by atoms with Crippen LogP contribution in [0.15, 0.2) is 76.0 Å². The van der Waals surface area contributed by atoms with Crippen molar-refractivity contribution in [2.45, 2.75) is 56.2 Å². The number of anilines is 1. The average Bonchev–Trinajstić information content (AvgIpc) is 3.65. The van der Waals surface area contributed by atoms with Gasteiger partial charge in [-0.05, 0) is 43.5 Å². The van der Waals surface area contributed by atoms with Crippen LogP contribution in [0.5, 0.6) is 0 Å². The summed E-state index contributed by atoms with van der Waals surface area (Å²) in [4.78, 5) is 33.1. The normalized spacial score (nSPS) is 21.0. The molecule has 1 aliphatic carbocycles.